The molecule has 4 aliphatic carbocycles. The van der Waals surface area contributed by atoms with Gasteiger partial charge in [-0.3, -0.25) is 0 Å². The van der Waals surface area contributed by atoms with Crippen LogP contribution in [0.15, 0.2) is 23.3 Å². The van der Waals surface area contributed by atoms with E-state index in [4.69, 9.17) is 9.47 Å². The lowest BCUT2D eigenvalue weighted by atomic mass is 9.41. The maximum absolute atomic E-state index is 11.9. The van der Waals surface area contributed by atoms with Crippen LogP contribution in [0.2, 0.25) is 0 Å². The Hall–Kier alpha value is -1.09. The lowest BCUT2D eigenvalue weighted by Gasteiger charge is -2.64. The number of fused-ring (bicyclic) bond motifs is 5. The van der Waals surface area contributed by atoms with Gasteiger partial charge >= 0.3 is 5.97 Å². The van der Waals surface area contributed by atoms with Crippen LogP contribution >= 0.6 is 0 Å². The maximum Gasteiger partial charge on any atom is 0.334 e. The van der Waals surface area contributed by atoms with Crippen molar-refractivity contribution in [3.63, 3.8) is 0 Å². The van der Waals surface area contributed by atoms with Crippen LogP contribution in [0.5, 0.6) is 0 Å². The third-order valence-electron chi connectivity index (χ3n) is 12.4. The van der Waals surface area contributed by atoms with Crippen LogP contribution in [0, 0.1) is 45.3 Å². The average molecular weight is 469 g/mol. The fourth-order valence-corrected chi connectivity index (χ4v) is 10.3. The van der Waals surface area contributed by atoms with Gasteiger partial charge in [0, 0.05) is 12.7 Å². The number of allylic oxidation sites excluding steroid dienone is 2. The Morgan fingerprint density at radius 1 is 1.09 bits per heavy atom. The summed E-state index contributed by atoms with van der Waals surface area (Å²) in [5.74, 6) is 2.55. The first-order valence-electron chi connectivity index (χ1n) is 14.0. The molecule has 0 aromatic rings. The molecule has 0 radical (unpaired) electrons. The summed E-state index contributed by atoms with van der Waals surface area (Å²) in [6.07, 6.45) is 15.1. The van der Waals surface area contributed by atoms with Crippen molar-refractivity contribution >= 4 is 5.97 Å². The molecule has 9 atom stereocenters. The molecule has 190 valence electrons. The number of carbonyl (C=O) groups excluding carboxylic acids is 1. The molecule has 0 spiro atoms. The first-order chi connectivity index (χ1) is 15.9. The van der Waals surface area contributed by atoms with Gasteiger partial charge in [-0.15, -0.1) is 0 Å². The van der Waals surface area contributed by atoms with Crippen molar-refractivity contribution in [1.82, 2.24) is 0 Å². The van der Waals surface area contributed by atoms with Crippen molar-refractivity contribution in [1.29, 1.82) is 0 Å². The van der Waals surface area contributed by atoms with Crippen LogP contribution in [0.25, 0.3) is 0 Å². The number of carbonyl (C=O) groups is 1. The predicted octanol–water partition coefficient (Wildman–Crippen LogP) is 7.50. The van der Waals surface area contributed by atoms with Gasteiger partial charge in [0.1, 0.15) is 6.10 Å². The zero-order chi connectivity index (χ0) is 24.7. The molecular formula is C31H48O3. The van der Waals surface area contributed by atoms with E-state index in [1.807, 2.05) is 19.6 Å². The fourth-order valence-electron chi connectivity index (χ4n) is 10.3. The minimum atomic E-state index is -0.124. The highest BCUT2D eigenvalue weighted by Crippen LogP contribution is 2.73. The Labute approximate surface area is 208 Å². The van der Waals surface area contributed by atoms with E-state index in [1.54, 1.807) is 0 Å². The highest BCUT2D eigenvalue weighted by molar-refractivity contribution is 5.90. The van der Waals surface area contributed by atoms with Gasteiger partial charge in [-0.2, -0.15) is 0 Å². The van der Waals surface area contributed by atoms with Gasteiger partial charge in [-0.1, -0.05) is 53.2 Å². The van der Waals surface area contributed by atoms with Crippen LogP contribution in [-0.2, 0) is 14.3 Å². The lowest BCUT2D eigenvalue weighted by Crippen LogP contribution is -2.58. The molecule has 34 heavy (non-hydrogen) atoms. The van der Waals surface area contributed by atoms with Crippen molar-refractivity contribution in [3.8, 4) is 0 Å². The summed E-state index contributed by atoms with van der Waals surface area (Å²) in [6, 6.07) is 0. The number of cyclic esters (lactones) is 1. The number of ether oxygens (including phenoxy) is 2. The first-order valence-corrected chi connectivity index (χ1v) is 14.0. The Bertz CT molecular complexity index is 914. The van der Waals surface area contributed by atoms with Gasteiger partial charge in [-0.25, -0.2) is 4.79 Å². The largest absolute Gasteiger partial charge is 0.455 e. The number of rotatable bonds is 4. The zero-order valence-electron chi connectivity index (χ0n) is 23.0. The molecule has 3 saturated carbocycles. The second-order valence-electron chi connectivity index (χ2n) is 14.0. The Kier molecular flexibility index (Phi) is 5.75. The molecular weight excluding hydrogens is 420 g/mol. The molecule has 3 heteroatoms. The lowest BCUT2D eigenvalue weighted by molar-refractivity contribution is -0.143. The zero-order valence-corrected chi connectivity index (χ0v) is 23.0. The summed E-state index contributed by atoms with van der Waals surface area (Å²) >= 11 is 0. The highest BCUT2D eigenvalue weighted by Gasteiger charge is 2.65. The summed E-state index contributed by atoms with van der Waals surface area (Å²) in [5.41, 5.74) is 3.83. The highest BCUT2D eigenvalue weighted by atomic mass is 16.5. The second kappa shape index (κ2) is 7.95. The van der Waals surface area contributed by atoms with Crippen LogP contribution < -0.4 is 0 Å². The Morgan fingerprint density at radius 3 is 2.47 bits per heavy atom. The van der Waals surface area contributed by atoms with Crippen molar-refractivity contribution < 1.29 is 14.3 Å². The third-order valence-corrected chi connectivity index (χ3v) is 12.4. The molecule has 3 fully saturated rings. The second-order valence-corrected chi connectivity index (χ2v) is 14.0. The van der Waals surface area contributed by atoms with E-state index in [0.717, 1.165) is 17.9 Å². The summed E-state index contributed by atoms with van der Waals surface area (Å²) in [4.78, 5) is 11.9. The normalized spacial score (nSPS) is 48.2. The van der Waals surface area contributed by atoms with Gasteiger partial charge in [0.25, 0.3) is 0 Å². The Morgan fingerprint density at radius 2 is 1.82 bits per heavy atom. The van der Waals surface area contributed by atoms with E-state index in [1.165, 1.54) is 44.9 Å². The number of hydrogen-bond donors (Lipinski definition) is 0. The monoisotopic (exact) mass is 468 g/mol. The molecule has 0 aromatic carbocycles. The van der Waals surface area contributed by atoms with Crippen molar-refractivity contribution in [3.05, 3.63) is 23.3 Å². The average Bonchev–Trinajstić information content (AvgIpc) is 3.22. The predicted molar refractivity (Wildman–Crippen MR) is 137 cm³/mol. The third kappa shape index (κ3) is 3.20. The van der Waals surface area contributed by atoms with Crippen molar-refractivity contribution in [2.24, 2.45) is 45.3 Å². The molecule has 0 N–H and O–H groups in total. The van der Waals surface area contributed by atoms with Gasteiger partial charge < -0.3 is 9.47 Å². The number of methoxy groups -OCH3 is 1. The van der Waals surface area contributed by atoms with E-state index in [9.17, 15) is 4.79 Å². The molecule has 0 saturated heterocycles. The van der Waals surface area contributed by atoms with E-state index in [2.05, 4.69) is 53.7 Å². The SMILES string of the molecule is CO[C@@H]1CC[C@]2(C)[C@@H]3CC[C@]4(C)[C@@H]([C@H](C)C[C@@H]5C=C(C)C(=O)O5)CC[C@@]4(C)C3=CC[C@@H]2C1(C)C. The van der Waals surface area contributed by atoms with Crippen LogP contribution in [0.4, 0.5) is 0 Å². The van der Waals surface area contributed by atoms with Gasteiger partial charge in [0.15, 0.2) is 0 Å². The molecule has 5 aliphatic rings. The molecule has 0 aromatic heterocycles. The van der Waals surface area contributed by atoms with Gasteiger partial charge in [-0.05, 0) is 110 Å². The fraction of sp³-hybridized carbons (Fsp3) is 0.839. The van der Waals surface area contributed by atoms with Crippen LogP contribution in [0.3, 0.4) is 0 Å². The number of esters is 1. The summed E-state index contributed by atoms with van der Waals surface area (Å²) in [7, 11) is 1.91. The molecule has 5 rings (SSSR count). The standard InChI is InChI=1S/C31H48O3/c1-19(17-21-18-20(2)27(32)34-21)22-11-15-31(7)24-9-10-25-28(3,4)26(33-8)13-14-29(25,5)23(24)12-16-30(22,31)6/h9,18-19,21-23,25-26H,10-17H2,1-8H3/t19-,21-,22-,23-,25-,26-,29-,30-,31+/m1/s1. The molecule has 1 heterocycles. The summed E-state index contributed by atoms with van der Waals surface area (Å²) < 4.78 is 11.6. The van der Waals surface area contributed by atoms with Gasteiger partial charge in [0.2, 0.25) is 0 Å². The first kappa shape index (κ1) is 24.6. The van der Waals surface area contributed by atoms with E-state index < -0.39 is 0 Å². The summed E-state index contributed by atoms with van der Waals surface area (Å²) in [6.45, 7) is 17.1. The minimum Gasteiger partial charge on any atom is -0.455 e. The smallest absolute Gasteiger partial charge is 0.334 e. The van der Waals surface area contributed by atoms with Crippen molar-refractivity contribution in [2.75, 3.05) is 7.11 Å². The quantitative estimate of drug-likeness (QED) is 0.316. The summed E-state index contributed by atoms with van der Waals surface area (Å²) in [5, 5.41) is 0. The Balaban J connectivity index is 1.42. The molecule has 1 aliphatic heterocycles. The van der Waals surface area contributed by atoms with Gasteiger partial charge in [0.05, 0.1) is 6.10 Å². The van der Waals surface area contributed by atoms with E-state index in [-0.39, 0.29) is 17.5 Å². The van der Waals surface area contributed by atoms with E-state index >= 15 is 0 Å². The number of hydrogen-bond acceptors (Lipinski definition) is 3. The molecule has 0 amide bonds. The van der Waals surface area contributed by atoms with E-state index in [0.29, 0.717) is 40.1 Å². The van der Waals surface area contributed by atoms with Crippen LogP contribution in [0.1, 0.15) is 99.8 Å². The molecule has 0 bridgehead atoms. The maximum atomic E-state index is 11.9. The molecule has 3 nitrogen and oxygen atoms in total. The minimum absolute atomic E-state index is 0.0268. The van der Waals surface area contributed by atoms with Crippen LogP contribution in [-0.4, -0.2) is 25.3 Å². The topological polar surface area (TPSA) is 35.5 Å². The van der Waals surface area contributed by atoms with Crippen molar-refractivity contribution in [2.45, 2.75) is 112 Å². The molecule has 0 unspecified atom stereocenters.